The van der Waals surface area contributed by atoms with Crippen LogP contribution in [0.15, 0.2) is 35.7 Å². The molecule has 2 heterocycles. The number of thiazole rings is 1. The summed E-state index contributed by atoms with van der Waals surface area (Å²) >= 11 is 1.62. The molecule has 1 fully saturated rings. The van der Waals surface area contributed by atoms with Crippen molar-refractivity contribution in [3.63, 3.8) is 0 Å². The van der Waals surface area contributed by atoms with Gasteiger partial charge in [0, 0.05) is 31.7 Å². The topological polar surface area (TPSA) is 51.7 Å². The fraction of sp³-hybridized carbons (Fsp3) is 0.400. The normalized spacial score (nSPS) is 15.5. The van der Waals surface area contributed by atoms with Gasteiger partial charge >= 0.3 is 0 Å². The molecule has 0 bridgehead atoms. The second-order valence-electron chi connectivity index (χ2n) is 6.31. The first-order chi connectivity index (χ1) is 12.6. The van der Waals surface area contributed by atoms with E-state index in [1.54, 1.807) is 24.5 Å². The first-order valence-corrected chi connectivity index (χ1v) is 9.65. The number of piperidine rings is 1. The number of carbonyl (C=O) groups excluding carboxylic acids is 1. The summed E-state index contributed by atoms with van der Waals surface area (Å²) in [5.74, 6) is 0.847. The van der Waals surface area contributed by atoms with Gasteiger partial charge in [-0.2, -0.15) is 0 Å². The molecule has 0 aliphatic carbocycles. The second-order valence-corrected chi connectivity index (χ2v) is 7.37. The SMILES string of the molecule is COC1CCN(C(=O)C=Cc2ccc(OCc3csc(C)n3)cc2)CC1. The number of aryl methyl sites for hydroxylation is 1. The molecule has 0 unspecified atom stereocenters. The zero-order valence-corrected chi connectivity index (χ0v) is 16.0. The molecule has 2 aromatic rings. The minimum absolute atomic E-state index is 0.0544. The van der Waals surface area contributed by atoms with E-state index in [1.807, 2.05) is 47.5 Å². The lowest BCUT2D eigenvalue weighted by molar-refractivity contribution is -0.128. The Kier molecular flexibility index (Phi) is 6.41. The van der Waals surface area contributed by atoms with Crippen LogP contribution < -0.4 is 4.74 Å². The molecule has 1 aromatic heterocycles. The number of nitrogens with zero attached hydrogens (tertiary/aromatic N) is 2. The highest BCUT2D eigenvalue weighted by atomic mass is 32.1. The Bertz CT molecular complexity index is 747. The summed E-state index contributed by atoms with van der Waals surface area (Å²) in [6, 6.07) is 7.71. The van der Waals surface area contributed by atoms with Gasteiger partial charge < -0.3 is 14.4 Å². The van der Waals surface area contributed by atoms with Gasteiger partial charge in [-0.25, -0.2) is 4.98 Å². The fourth-order valence-corrected chi connectivity index (χ4v) is 3.49. The number of benzene rings is 1. The van der Waals surface area contributed by atoms with E-state index in [-0.39, 0.29) is 12.0 Å². The van der Waals surface area contributed by atoms with E-state index in [0.717, 1.165) is 47.9 Å². The van der Waals surface area contributed by atoms with Crippen LogP contribution in [0, 0.1) is 6.92 Å². The van der Waals surface area contributed by atoms with Gasteiger partial charge in [0.25, 0.3) is 0 Å². The maximum Gasteiger partial charge on any atom is 0.246 e. The van der Waals surface area contributed by atoms with Gasteiger partial charge in [0.1, 0.15) is 12.4 Å². The van der Waals surface area contributed by atoms with Crippen LogP contribution >= 0.6 is 11.3 Å². The minimum Gasteiger partial charge on any atom is -0.487 e. The van der Waals surface area contributed by atoms with E-state index in [0.29, 0.717) is 6.61 Å². The molecule has 1 aliphatic rings. The van der Waals surface area contributed by atoms with Gasteiger partial charge in [-0.3, -0.25) is 4.79 Å². The number of methoxy groups -OCH3 is 1. The number of hydrogen-bond acceptors (Lipinski definition) is 5. The molecule has 0 radical (unpaired) electrons. The van der Waals surface area contributed by atoms with Crippen molar-refractivity contribution >= 4 is 23.3 Å². The molecule has 1 aromatic carbocycles. The van der Waals surface area contributed by atoms with Crippen LogP contribution in [-0.4, -0.2) is 42.1 Å². The van der Waals surface area contributed by atoms with Gasteiger partial charge in [0.15, 0.2) is 0 Å². The third-order valence-electron chi connectivity index (χ3n) is 4.44. The zero-order chi connectivity index (χ0) is 18.4. The number of aromatic nitrogens is 1. The van der Waals surface area contributed by atoms with Crippen molar-refractivity contribution in [2.24, 2.45) is 0 Å². The van der Waals surface area contributed by atoms with Crippen LogP contribution in [0.2, 0.25) is 0 Å². The molecule has 1 aliphatic heterocycles. The summed E-state index contributed by atoms with van der Waals surface area (Å²) in [6.07, 6.45) is 5.57. The molecule has 0 N–H and O–H groups in total. The molecule has 0 saturated carbocycles. The predicted octanol–water partition coefficient (Wildman–Crippen LogP) is 3.68. The standard InChI is InChI=1S/C20H24N2O3S/c1-15-21-17(14-26-15)13-25-19-6-3-16(4-7-19)5-8-20(23)22-11-9-18(24-2)10-12-22/h3-8,14,18H,9-13H2,1-2H3. The average Bonchev–Trinajstić information content (AvgIpc) is 3.10. The van der Waals surface area contributed by atoms with Gasteiger partial charge in [-0.05, 0) is 43.5 Å². The number of carbonyl (C=O) groups is 1. The molecule has 3 rings (SSSR count). The Hall–Kier alpha value is -2.18. The van der Waals surface area contributed by atoms with Crippen molar-refractivity contribution in [3.05, 3.63) is 52.0 Å². The van der Waals surface area contributed by atoms with Crippen molar-refractivity contribution in [3.8, 4) is 5.75 Å². The summed E-state index contributed by atoms with van der Waals surface area (Å²) in [5.41, 5.74) is 1.92. The molecule has 5 nitrogen and oxygen atoms in total. The summed E-state index contributed by atoms with van der Waals surface area (Å²) < 4.78 is 11.1. The first-order valence-electron chi connectivity index (χ1n) is 8.77. The smallest absolute Gasteiger partial charge is 0.246 e. The van der Waals surface area contributed by atoms with Crippen molar-refractivity contribution in [1.82, 2.24) is 9.88 Å². The summed E-state index contributed by atoms with van der Waals surface area (Å²) in [5, 5.41) is 3.05. The molecular formula is C20H24N2O3S. The minimum atomic E-state index is 0.0544. The van der Waals surface area contributed by atoms with Gasteiger partial charge in [-0.15, -0.1) is 11.3 Å². The Morgan fingerprint density at radius 1 is 1.31 bits per heavy atom. The van der Waals surface area contributed by atoms with E-state index in [9.17, 15) is 4.79 Å². The molecular weight excluding hydrogens is 348 g/mol. The molecule has 0 spiro atoms. The summed E-state index contributed by atoms with van der Waals surface area (Å²) in [4.78, 5) is 18.5. The lowest BCUT2D eigenvalue weighted by atomic mass is 10.1. The quantitative estimate of drug-likeness (QED) is 0.726. The van der Waals surface area contributed by atoms with Crippen molar-refractivity contribution in [2.75, 3.05) is 20.2 Å². The van der Waals surface area contributed by atoms with Crippen LogP contribution in [0.3, 0.4) is 0 Å². The highest BCUT2D eigenvalue weighted by molar-refractivity contribution is 7.09. The predicted molar refractivity (Wildman–Crippen MR) is 103 cm³/mol. The Balaban J connectivity index is 1.49. The maximum atomic E-state index is 12.3. The number of likely N-dealkylation sites (tertiary alicyclic amines) is 1. The summed E-state index contributed by atoms with van der Waals surface area (Å²) in [6.45, 7) is 3.96. The van der Waals surface area contributed by atoms with Crippen LogP contribution in [0.5, 0.6) is 5.75 Å². The molecule has 138 valence electrons. The molecule has 1 saturated heterocycles. The summed E-state index contributed by atoms with van der Waals surface area (Å²) in [7, 11) is 1.73. The molecule has 26 heavy (non-hydrogen) atoms. The van der Waals surface area contributed by atoms with E-state index >= 15 is 0 Å². The first kappa shape index (κ1) is 18.6. The van der Waals surface area contributed by atoms with E-state index in [1.165, 1.54) is 0 Å². The van der Waals surface area contributed by atoms with E-state index in [4.69, 9.17) is 9.47 Å². The number of hydrogen-bond donors (Lipinski definition) is 0. The van der Waals surface area contributed by atoms with Crippen LogP contribution in [0.25, 0.3) is 6.08 Å². The third-order valence-corrected chi connectivity index (χ3v) is 5.26. The van der Waals surface area contributed by atoms with Crippen LogP contribution in [0.4, 0.5) is 0 Å². The van der Waals surface area contributed by atoms with Crippen molar-refractivity contribution < 1.29 is 14.3 Å². The number of rotatable bonds is 6. The largest absolute Gasteiger partial charge is 0.487 e. The van der Waals surface area contributed by atoms with Crippen LogP contribution in [0.1, 0.15) is 29.1 Å². The highest BCUT2D eigenvalue weighted by Crippen LogP contribution is 2.17. The Labute approximate surface area is 158 Å². The Morgan fingerprint density at radius 2 is 2.04 bits per heavy atom. The molecule has 1 amide bonds. The molecule has 6 heteroatoms. The Morgan fingerprint density at radius 3 is 2.65 bits per heavy atom. The number of amides is 1. The zero-order valence-electron chi connectivity index (χ0n) is 15.2. The van der Waals surface area contributed by atoms with Crippen molar-refractivity contribution in [1.29, 1.82) is 0 Å². The third kappa shape index (κ3) is 5.16. The maximum absolute atomic E-state index is 12.3. The average molecular weight is 372 g/mol. The van der Waals surface area contributed by atoms with E-state index in [2.05, 4.69) is 4.98 Å². The van der Waals surface area contributed by atoms with Crippen LogP contribution in [-0.2, 0) is 16.1 Å². The number of ether oxygens (including phenoxy) is 2. The van der Waals surface area contributed by atoms with Gasteiger partial charge in [0.05, 0.1) is 16.8 Å². The van der Waals surface area contributed by atoms with Crippen molar-refractivity contribution in [2.45, 2.75) is 32.5 Å². The van der Waals surface area contributed by atoms with E-state index < -0.39 is 0 Å². The van der Waals surface area contributed by atoms with Gasteiger partial charge in [0.2, 0.25) is 5.91 Å². The molecule has 0 atom stereocenters. The van der Waals surface area contributed by atoms with Gasteiger partial charge in [-0.1, -0.05) is 12.1 Å². The highest BCUT2D eigenvalue weighted by Gasteiger charge is 2.20. The monoisotopic (exact) mass is 372 g/mol. The second kappa shape index (κ2) is 8.96. The fourth-order valence-electron chi connectivity index (χ4n) is 2.89. The lowest BCUT2D eigenvalue weighted by Crippen LogP contribution is -2.39. The lowest BCUT2D eigenvalue weighted by Gasteiger charge is -2.30.